The van der Waals surface area contributed by atoms with Crippen LogP contribution in [0.2, 0.25) is 0 Å². The number of hydrogen-bond acceptors (Lipinski definition) is 2. The van der Waals surface area contributed by atoms with E-state index in [1.165, 1.54) is 6.92 Å². The van der Waals surface area contributed by atoms with Gasteiger partial charge >= 0.3 is 5.71 Å². The molecule has 0 bridgehead atoms. The van der Waals surface area contributed by atoms with Crippen molar-refractivity contribution in [3.05, 3.63) is 41.4 Å². The zero-order valence-corrected chi connectivity index (χ0v) is 9.01. The van der Waals surface area contributed by atoms with E-state index in [2.05, 4.69) is 4.79 Å². The third-order valence-corrected chi connectivity index (χ3v) is 2.13. The number of rotatable bonds is 5. The molecule has 0 heterocycles. The van der Waals surface area contributed by atoms with Gasteiger partial charge in [0.05, 0.1) is 6.42 Å². The molecule has 1 rings (SSSR count). The smallest absolute Gasteiger partial charge is 0.339 e. The van der Waals surface area contributed by atoms with Crippen LogP contribution in [0.1, 0.15) is 30.1 Å². The maximum absolute atomic E-state index is 11.8. The molecule has 16 heavy (non-hydrogen) atoms. The van der Waals surface area contributed by atoms with E-state index in [4.69, 9.17) is 5.53 Å². The van der Waals surface area contributed by atoms with Gasteiger partial charge in [0, 0.05) is 12.0 Å². The third kappa shape index (κ3) is 3.26. The summed E-state index contributed by atoms with van der Waals surface area (Å²) in [6, 6.07) is 8.53. The highest BCUT2D eigenvalue weighted by molar-refractivity contribution is 6.44. The van der Waals surface area contributed by atoms with Crippen LogP contribution in [0.5, 0.6) is 0 Å². The molecule has 0 aliphatic heterocycles. The van der Waals surface area contributed by atoms with Gasteiger partial charge in [-0.3, -0.25) is 4.79 Å². The van der Waals surface area contributed by atoms with Gasteiger partial charge in [0.1, 0.15) is 5.78 Å². The van der Waals surface area contributed by atoms with E-state index in [-0.39, 0.29) is 30.1 Å². The molecular weight excluding hydrogens is 204 g/mol. The van der Waals surface area contributed by atoms with Gasteiger partial charge in [-0.05, 0) is 6.92 Å². The van der Waals surface area contributed by atoms with Gasteiger partial charge < -0.3 is 10.3 Å². The Balaban J connectivity index is 2.80. The van der Waals surface area contributed by atoms with Crippen molar-refractivity contribution < 1.29 is 14.4 Å². The van der Waals surface area contributed by atoms with E-state index in [1.54, 1.807) is 30.3 Å². The molecule has 0 fully saturated rings. The van der Waals surface area contributed by atoms with Crippen LogP contribution in [0.3, 0.4) is 0 Å². The molecule has 0 spiro atoms. The highest BCUT2D eigenvalue weighted by atomic mass is 16.1. The Morgan fingerprint density at radius 1 is 1.19 bits per heavy atom. The maximum Gasteiger partial charge on any atom is 0.339 e. The summed E-state index contributed by atoms with van der Waals surface area (Å²) in [5, 5.41) is 0. The maximum atomic E-state index is 11.8. The minimum atomic E-state index is -0.343. The molecule has 0 unspecified atom stereocenters. The average Bonchev–Trinajstić information content (AvgIpc) is 2.30. The van der Waals surface area contributed by atoms with E-state index in [9.17, 15) is 9.59 Å². The zero-order valence-electron chi connectivity index (χ0n) is 9.01. The first-order valence-corrected chi connectivity index (χ1v) is 4.95. The lowest BCUT2D eigenvalue weighted by molar-refractivity contribution is -0.117. The Hall–Kier alpha value is -2.06. The monoisotopic (exact) mass is 216 g/mol. The van der Waals surface area contributed by atoms with Crippen LogP contribution in [0.15, 0.2) is 30.3 Å². The second-order valence-electron chi connectivity index (χ2n) is 3.44. The standard InChI is InChI=1S/C12H12N2O2/c1-9(15)7-8-11(14-13)12(16)10-5-3-2-4-6-10/h2-6H,7-8H2,1H3. The van der Waals surface area contributed by atoms with Crippen molar-refractivity contribution in [2.45, 2.75) is 19.8 Å². The summed E-state index contributed by atoms with van der Waals surface area (Å²) in [5.74, 6) is -0.383. The fraction of sp³-hybridized carbons (Fsp3) is 0.250. The largest absolute Gasteiger partial charge is 0.361 e. The minimum Gasteiger partial charge on any atom is -0.361 e. The van der Waals surface area contributed by atoms with Crippen LogP contribution >= 0.6 is 0 Å². The first-order chi connectivity index (χ1) is 7.65. The van der Waals surface area contributed by atoms with E-state index in [0.29, 0.717) is 5.56 Å². The number of carbonyl (C=O) groups excluding carboxylic acids is 2. The molecule has 0 aromatic heterocycles. The van der Waals surface area contributed by atoms with Crippen molar-refractivity contribution in [2.75, 3.05) is 0 Å². The van der Waals surface area contributed by atoms with Gasteiger partial charge in [-0.2, -0.15) is 4.79 Å². The molecule has 1 aromatic rings. The van der Waals surface area contributed by atoms with Gasteiger partial charge in [-0.1, -0.05) is 30.3 Å². The number of ketones is 2. The van der Waals surface area contributed by atoms with Crippen LogP contribution in [0.4, 0.5) is 0 Å². The Bertz CT molecular complexity index is 445. The summed E-state index contributed by atoms with van der Waals surface area (Å²) in [5.41, 5.74) is 9.20. The van der Waals surface area contributed by atoms with Crippen molar-refractivity contribution in [1.29, 1.82) is 0 Å². The first kappa shape index (κ1) is 12.0. The Morgan fingerprint density at radius 3 is 2.31 bits per heavy atom. The molecule has 4 nitrogen and oxygen atoms in total. The summed E-state index contributed by atoms with van der Waals surface area (Å²) in [6.07, 6.45) is 0.373. The van der Waals surface area contributed by atoms with Gasteiger partial charge in [0.25, 0.3) is 5.78 Å². The predicted octanol–water partition coefficient (Wildman–Crippen LogP) is 1.91. The van der Waals surface area contributed by atoms with Gasteiger partial charge in [0.2, 0.25) is 0 Å². The van der Waals surface area contributed by atoms with Crippen LogP contribution in [0, 0.1) is 0 Å². The third-order valence-electron chi connectivity index (χ3n) is 2.13. The molecule has 0 amide bonds. The second kappa shape index (κ2) is 5.73. The van der Waals surface area contributed by atoms with Crippen molar-refractivity contribution in [1.82, 2.24) is 0 Å². The topological polar surface area (TPSA) is 70.5 Å². The second-order valence-corrected chi connectivity index (χ2v) is 3.44. The summed E-state index contributed by atoms with van der Waals surface area (Å²) >= 11 is 0. The van der Waals surface area contributed by atoms with Crippen LogP contribution in [-0.4, -0.2) is 22.1 Å². The highest BCUT2D eigenvalue weighted by Crippen LogP contribution is 2.04. The van der Waals surface area contributed by atoms with Crippen molar-refractivity contribution in [3.8, 4) is 0 Å². The zero-order chi connectivity index (χ0) is 12.0. The summed E-state index contributed by atoms with van der Waals surface area (Å²) in [4.78, 5) is 25.5. The van der Waals surface area contributed by atoms with Crippen LogP contribution in [0.25, 0.3) is 5.53 Å². The van der Waals surface area contributed by atoms with Crippen LogP contribution < -0.4 is 0 Å². The highest BCUT2D eigenvalue weighted by Gasteiger charge is 2.21. The Labute approximate surface area is 93.5 Å². The number of benzene rings is 1. The fourth-order valence-electron chi connectivity index (χ4n) is 1.26. The van der Waals surface area contributed by atoms with Gasteiger partial charge in [0.15, 0.2) is 0 Å². The summed E-state index contributed by atoms with van der Waals surface area (Å²) in [7, 11) is 0. The number of hydrogen-bond donors (Lipinski definition) is 0. The van der Waals surface area contributed by atoms with E-state index < -0.39 is 0 Å². The van der Waals surface area contributed by atoms with E-state index in [0.717, 1.165) is 0 Å². The Morgan fingerprint density at radius 2 is 1.81 bits per heavy atom. The normalized spacial score (nSPS) is 9.31. The molecule has 0 saturated heterocycles. The fourth-order valence-corrected chi connectivity index (χ4v) is 1.26. The van der Waals surface area contributed by atoms with Gasteiger partial charge in [-0.15, -0.1) is 0 Å². The SMILES string of the molecule is CC(=O)CCC(=[N+]=[N-])C(=O)c1ccccc1. The summed E-state index contributed by atoms with van der Waals surface area (Å²) in [6.45, 7) is 1.43. The molecule has 0 atom stereocenters. The molecule has 0 radical (unpaired) electrons. The van der Waals surface area contributed by atoms with Crippen molar-refractivity contribution in [3.63, 3.8) is 0 Å². The lowest BCUT2D eigenvalue weighted by atomic mass is 10.0. The summed E-state index contributed by atoms with van der Waals surface area (Å²) < 4.78 is 0. The quantitative estimate of drug-likeness (QED) is 0.326. The molecule has 0 N–H and O–H groups in total. The predicted molar refractivity (Wildman–Crippen MR) is 59.3 cm³/mol. The molecule has 0 aliphatic carbocycles. The lowest BCUT2D eigenvalue weighted by Crippen LogP contribution is -2.16. The molecule has 82 valence electrons. The first-order valence-electron chi connectivity index (χ1n) is 4.95. The number of carbonyl (C=O) groups is 2. The molecule has 0 aliphatic rings. The molecule has 4 heteroatoms. The Kier molecular flexibility index (Phi) is 4.30. The van der Waals surface area contributed by atoms with E-state index >= 15 is 0 Å². The lowest BCUT2D eigenvalue weighted by Gasteiger charge is -1.95. The molecule has 1 aromatic carbocycles. The van der Waals surface area contributed by atoms with Gasteiger partial charge in [-0.25, -0.2) is 0 Å². The molecule has 0 saturated carbocycles. The molecular formula is C12H12N2O2. The van der Waals surface area contributed by atoms with Crippen LogP contribution in [-0.2, 0) is 4.79 Å². The van der Waals surface area contributed by atoms with Crippen molar-refractivity contribution in [2.24, 2.45) is 0 Å². The van der Waals surface area contributed by atoms with E-state index in [1.807, 2.05) is 0 Å². The number of Topliss-reactive ketones (excluding diaryl/α,β-unsaturated/α-hetero) is 2. The van der Waals surface area contributed by atoms with Crippen molar-refractivity contribution >= 4 is 17.3 Å². The minimum absolute atomic E-state index is 0.0152. The number of nitrogens with zero attached hydrogens (tertiary/aromatic N) is 2. The average molecular weight is 216 g/mol.